The summed E-state index contributed by atoms with van der Waals surface area (Å²) in [5, 5.41) is 7.91. The van der Waals surface area contributed by atoms with Gasteiger partial charge in [0, 0.05) is 23.8 Å². The fraction of sp³-hybridized carbons (Fsp3) is 0.444. The van der Waals surface area contributed by atoms with Crippen molar-refractivity contribution >= 4 is 19.2 Å². The predicted octanol–water partition coefficient (Wildman–Crippen LogP) is 2.57. The molecule has 0 unspecified atom stereocenters. The van der Waals surface area contributed by atoms with Gasteiger partial charge in [-0.25, -0.2) is 4.68 Å². The van der Waals surface area contributed by atoms with Crippen LogP contribution in [0, 0.1) is 0 Å². The molecule has 0 bridgehead atoms. The Morgan fingerprint density at radius 3 is 2.15 bits per heavy atom. The summed E-state index contributed by atoms with van der Waals surface area (Å²) in [7, 11) is -3.88. The van der Waals surface area contributed by atoms with E-state index >= 15 is 0 Å². The van der Waals surface area contributed by atoms with Crippen LogP contribution in [0.4, 0.5) is 0 Å². The van der Waals surface area contributed by atoms with Crippen molar-refractivity contribution in [2.75, 3.05) is 6.16 Å². The molecule has 0 amide bonds. The Morgan fingerprint density at radius 1 is 0.889 bits per heavy atom. The molecule has 27 heavy (non-hydrogen) atoms. The molecule has 1 aliphatic carbocycles. The third-order valence-corrected chi connectivity index (χ3v) is 5.55. The lowest BCUT2D eigenvalue weighted by atomic mass is 9.90. The van der Waals surface area contributed by atoms with Gasteiger partial charge < -0.3 is 9.79 Å². The van der Waals surface area contributed by atoms with Gasteiger partial charge in [0.25, 0.3) is 0 Å². The third-order valence-electron chi connectivity index (χ3n) is 4.65. The van der Waals surface area contributed by atoms with Crippen molar-refractivity contribution in [3.05, 3.63) is 46.8 Å². The minimum absolute atomic E-state index is 0.0598. The van der Waals surface area contributed by atoms with Crippen LogP contribution in [-0.4, -0.2) is 42.5 Å². The lowest BCUT2D eigenvalue weighted by molar-refractivity contribution is 0.0970. The van der Waals surface area contributed by atoms with Crippen LogP contribution in [0.3, 0.4) is 0 Å². The maximum absolute atomic E-state index is 12.7. The summed E-state index contributed by atoms with van der Waals surface area (Å²) in [4.78, 5) is 42.8. The van der Waals surface area contributed by atoms with Crippen molar-refractivity contribution in [3.63, 3.8) is 0 Å². The molecule has 0 atom stereocenters. The Morgan fingerprint density at radius 2 is 1.48 bits per heavy atom. The van der Waals surface area contributed by atoms with Gasteiger partial charge in [-0.05, 0) is 12.8 Å². The van der Waals surface area contributed by atoms with Crippen LogP contribution in [-0.2, 0) is 11.1 Å². The molecule has 0 aliphatic heterocycles. The second kappa shape index (κ2) is 8.25. The molecule has 8 nitrogen and oxygen atoms in total. The number of aromatic nitrogens is 3. The van der Waals surface area contributed by atoms with E-state index in [1.165, 1.54) is 4.68 Å². The standard InChI is InChI=1S/C18H22N3O5P/c22-17-13-9-5-6-10-14(13)18(23)16-15(17)19-20-21(16)11-7-3-1-2-4-8-12-27(24,25)26/h5-6,9-10H,1-4,7-8,11-12H2,(H2,24,25,26). The van der Waals surface area contributed by atoms with E-state index in [9.17, 15) is 14.2 Å². The predicted molar refractivity (Wildman–Crippen MR) is 97.9 cm³/mol. The van der Waals surface area contributed by atoms with E-state index in [-0.39, 0.29) is 29.1 Å². The molecule has 1 aromatic heterocycles. The van der Waals surface area contributed by atoms with Crippen LogP contribution >= 0.6 is 7.60 Å². The number of carbonyl (C=O) groups is 2. The van der Waals surface area contributed by atoms with Crippen LogP contribution < -0.4 is 0 Å². The Bertz CT molecular complexity index is 902. The van der Waals surface area contributed by atoms with Crippen LogP contribution in [0.5, 0.6) is 0 Å². The molecule has 1 aromatic carbocycles. The first kappa shape index (κ1) is 19.6. The number of rotatable bonds is 9. The zero-order valence-electron chi connectivity index (χ0n) is 14.9. The Balaban J connectivity index is 1.51. The van der Waals surface area contributed by atoms with Crippen molar-refractivity contribution < 1.29 is 23.9 Å². The van der Waals surface area contributed by atoms with Crippen molar-refractivity contribution in [2.45, 2.75) is 45.1 Å². The molecule has 2 N–H and O–H groups in total. The molecule has 1 heterocycles. The number of carbonyl (C=O) groups excluding carboxylic acids is 2. The van der Waals surface area contributed by atoms with Gasteiger partial charge in [-0.1, -0.05) is 55.2 Å². The maximum atomic E-state index is 12.7. The number of nitrogens with zero attached hydrogens (tertiary/aromatic N) is 3. The number of hydrogen-bond acceptors (Lipinski definition) is 5. The summed E-state index contributed by atoms with van der Waals surface area (Å²) >= 11 is 0. The normalized spacial score (nSPS) is 13.6. The van der Waals surface area contributed by atoms with Gasteiger partial charge >= 0.3 is 7.60 Å². The lowest BCUT2D eigenvalue weighted by Crippen LogP contribution is -2.23. The number of ketones is 2. The highest BCUT2D eigenvalue weighted by Gasteiger charge is 2.34. The molecule has 0 spiro atoms. The van der Waals surface area contributed by atoms with Crippen LogP contribution in [0.1, 0.15) is 70.6 Å². The molecule has 3 rings (SSSR count). The molecule has 9 heteroatoms. The van der Waals surface area contributed by atoms with E-state index in [0.717, 1.165) is 32.1 Å². The monoisotopic (exact) mass is 391 g/mol. The quantitative estimate of drug-likeness (QED) is 0.424. The molecule has 1 aliphatic rings. The molecular formula is C18H22N3O5P. The Labute approximate surface area is 156 Å². The second-order valence-corrected chi connectivity index (χ2v) is 8.50. The van der Waals surface area contributed by atoms with Crippen molar-refractivity contribution in [2.24, 2.45) is 0 Å². The van der Waals surface area contributed by atoms with E-state index in [1.807, 2.05) is 0 Å². The number of aryl methyl sites for hydroxylation is 1. The Hall–Kier alpha value is -2.15. The molecular weight excluding hydrogens is 369 g/mol. The zero-order chi connectivity index (χ0) is 19.4. The van der Waals surface area contributed by atoms with Gasteiger partial charge in [0.15, 0.2) is 5.69 Å². The maximum Gasteiger partial charge on any atom is 0.325 e. The fourth-order valence-corrected chi connectivity index (χ4v) is 3.90. The van der Waals surface area contributed by atoms with Crippen molar-refractivity contribution in [1.82, 2.24) is 15.0 Å². The van der Waals surface area contributed by atoms with Gasteiger partial charge in [-0.3, -0.25) is 14.2 Å². The highest BCUT2D eigenvalue weighted by molar-refractivity contribution is 7.51. The molecule has 144 valence electrons. The molecule has 0 fully saturated rings. The average Bonchev–Trinajstić information content (AvgIpc) is 3.05. The fourth-order valence-electron chi connectivity index (χ4n) is 3.27. The molecule has 0 radical (unpaired) electrons. The third kappa shape index (κ3) is 4.58. The second-order valence-electron chi connectivity index (χ2n) is 6.72. The number of fused-ring (bicyclic) bond motifs is 2. The molecule has 0 saturated carbocycles. The number of benzene rings is 1. The van der Waals surface area contributed by atoms with Gasteiger partial charge in [-0.2, -0.15) is 0 Å². The topological polar surface area (TPSA) is 122 Å². The van der Waals surface area contributed by atoms with Crippen molar-refractivity contribution in [1.29, 1.82) is 0 Å². The Kier molecular flexibility index (Phi) is 5.99. The highest BCUT2D eigenvalue weighted by Crippen LogP contribution is 2.35. The number of unbranched alkanes of at least 4 members (excludes halogenated alkanes) is 5. The van der Waals surface area contributed by atoms with E-state index in [2.05, 4.69) is 10.3 Å². The smallest absolute Gasteiger partial charge is 0.324 e. The lowest BCUT2D eigenvalue weighted by Gasteiger charge is -2.14. The SMILES string of the molecule is O=C1c2ccccc2C(=O)c2c1nnn2CCCCCCCCP(=O)(O)O. The van der Waals surface area contributed by atoms with Crippen LogP contribution in [0.2, 0.25) is 0 Å². The minimum Gasteiger partial charge on any atom is -0.324 e. The molecule has 0 saturated heterocycles. The van der Waals surface area contributed by atoms with Gasteiger partial charge in [0.1, 0.15) is 5.69 Å². The summed E-state index contributed by atoms with van der Waals surface area (Å²) in [6.45, 7) is 0.506. The van der Waals surface area contributed by atoms with Crippen LogP contribution in [0.25, 0.3) is 0 Å². The first-order valence-electron chi connectivity index (χ1n) is 9.05. The van der Waals surface area contributed by atoms with E-state index < -0.39 is 7.60 Å². The molecule has 2 aromatic rings. The zero-order valence-corrected chi connectivity index (χ0v) is 15.8. The van der Waals surface area contributed by atoms with Gasteiger partial charge in [-0.15, -0.1) is 5.10 Å². The van der Waals surface area contributed by atoms with E-state index in [0.29, 0.717) is 24.1 Å². The first-order valence-corrected chi connectivity index (χ1v) is 10.8. The summed E-state index contributed by atoms with van der Waals surface area (Å²) < 4.78 is 12.3. The van der Waals surface area contributed by atoms with Crippen LogP contribution in [0.15, 0.2) is 24.3 Å². The summed E-state index contributed by atoms with van der Waals surface area (Å²) in [5.41, 5.74) is 1.15. The largest absolute Gasteiger partial charge is 0.325 e. The van der Waals surface area contributed by atoms with E-state index in [4.69, 9.17) is 9.79 Å². The van der Waals surface area contributed by atoms with Gasteiger partial charge in [0.05, 0.1) is 0 Å². The van der Waals surface area contributed by atoms with Crippen molar-refractivity contribution in [3.8, 4) is 0 Å². The minimum atomic E-state index is -3.88. The number of hydrogen-bond donors (Lipinski definition) is 2. The summed E-state index contributed by atoms with van der Waals surface area (Å²) in [6.07, 6.45) is 4.79. The summed E-state index contributed by atoms with van der Waals surface area (Å²) in [5.74, 6) is -0.487. The van der Waals surface area contributed by atoms with Gasteiger partial charge in [0.2, 0.25) is 11.6 Å². The highest BCUT2D eigenvalue weighted by atomic mass is 31.2. The first-order chi connectivity index (χ1) is 12.9. The summed E-state index contributed by atoms with van der Waals surface area (Å²) in [6, 6.07) is 6.73. The average molecular weight is 391 g/mol. The van der Waals surface area contributed by atoms with E-state index in [1.54, 1.807) is 24.3 Å².